The van der Waals surface area contributed by atoms with Crippen LogP contribution in [0.4, 0.5) is 0 Å². The van der Waals surface area contributed by atoms with E-state index in [0.717, 1.165) is 37.0 Å². The maximum Gasteiger partial charge on any atom is 0.170 e. The summed E-state index contributed by atoms with van der Waals surface area (Å²) in [4.78, 5) is 0. The first-order valence-electron chi connectivity index (χ1n) is 7.15. The number of aliphatic hydroxyl groups is 1. The molecule has 0 spiro atoms. The van der Waals surface area contributed by atoms with Gasteiger partial charge in [-0.1, -0.05) is 18.0 Å². The van der Waals surface area contributed by atoms with Crippen LogP contribution in [-0.2, 0) is 6.54 Å². The standard InChI is InChI=1S/C15H23N3O3/c1-21-13-5-4-11(14(16)18-20)8-12(13)9-17-15(10-19)6-2-3-7-15/h4-5,8,17,19-20H,2-3,6-7,9-10H2,1H3,(H2,16,18). The van der Waals surface area contributed by atoms with Gasteiger partial charge in [0.15, 0.2) is 5.84 Å². The van der Waals surface area contributed by atoms with Crippen LogP contribution in [-0.4, -0.2) is 35.4 Å². The average molecular weight is 293 g/mol. The molecule has 0 saturated heterocycles. The fourth-order valence-corrected chi connectivity index (χ4v) is 2.86. The lowest BCUT2D eigenvalue weighted by atomic mass is 9.98. The van der Waals surface area contributed by atoms with E-state index in [0.29, 0.717) is 12.1 Å². The van der Waals surface area contributed by atoms with Crippen LogP contribution in [0, 0.1) is 0 Å². The Balaban J connectivity index is 2.17. The average Bonchev–Trinajstić information content (AvgIpc) is 3.01. The molecule has 1 aliphatic carbocycles. The predicted molar refractivity (Wildman–Crippen MR) is 80.6 cm³/mol. The Bertz CT molecular complexity index is 511. The van der Waals surface area contributed by atoms with E-state index >= 15 is 0 Å². The van der Waals surface area contributed by atoms with Crippen LogP contribution in [0.2, 0.25) is 0 Å². The molecule has 21 heavy (non-hydrogen) atoms. The summed E-state index contributed by atoms with van der Waals surface area (Å²) in [5.41, 5.74) is 6.98. The van der Waals surface area contributed by atoms with E-state index < -0.39 is 0 Å². The zero-order valence-corrected chi connectivity index (χ0v) is 12.3. The largest absolute Gasteiger partial charge is 0.496 e. The Labute approximate surface area is 124 Å². The molecule has 1 aromatic rings. The van der Waals surface area contributed by atoms with Gasteiger partial charge in [-0.3, -0.25) is 0 Å². The van der Waals surface area contributed by atoms with Crippen LogP contribution in [0.5, 0.6) is 5.75 Å². The zero-order valence-electron chi connectivity index (χ0n) is 12.3. The first kappa shape index (κ1) is 15.6. The van der Waals surface area contributed by atoms with Crippen molar-refractivity contribution in [1.29, 1.82) is 0 Å². The third-order valence-corrected chi connectivity index (χ3v) is 4.20. The maximum atomic E-state index is 9.64. The van der Waals surface area contributed by atoms with E-state index in [4.69, 9.17) is 15.7 Å². The summed E-state index contributed by atoms with van der Waals surface area (Å²) in [6.45, 7) is 0.700. The van der Waals surface area contributed by atoms with Crippen LogP contribution >= 0.6 is 0 Å². The van der Waals surface area contributed by atoms with Crippen molar-refractivity contribution >= 4 is 5.84 Å². The van der Waals surface area contributed by atoms with Gasteiger partial charge in [-0.15, -0.1) is 0 Å². The van der Waals surface area contributed by atoms with Crippen molar-refractivity contribution in [2.75, 3.05) is 13.7 Å². The second kappa shape index (κ2) is 6.78. The number of nitrogens with one attached hydrogen (secondary N) is 1. The molecule has 0 atom stereocenters. The monoisotopic (exact) mass is 293 g/mol. The molecule has 0 bridgehead atoms. The van der Waals surface area contributed by atoms with E-state index in [1.165, 1.54) is 0 Å². The molecule has 0 amide bonds. The first-order valence-corrected chi connectivity index (χ1v) is 7.15. The van der Waals surface area contributed by atoms with Gasteiger partial charge in [-0.05, 0) is 31.0 Å². The highest BCUT2D eigenvalue weighted by Gasteiger charge is 2.32. The summed E-state index contributed by atoms with van der Waals surface area (Å²) in [6, 6.07) is 5.38. The quantitative estimate of drug-likeness (QED) is 0.273. The van der Waals surface area contributed by atoms with E-state index in [-0.39, 0.29) is 18.0 Å². The molecule has 0 aliphatic heterocycles. The van der Waals surface area contributed by atoms with Crippen LogP contribution < -0.4 is 15.8 Å². The van der Waals surface area contributed by atoms with Gasteiger partial charge >= 0.3 is 0 Å². The Kier molecular flexibility index (Phi) is 5.03. The Morgan fingerprint density at radius 1 is 1.43 bits per heavy atom. The van der Waals surface area contributed by atoms with Crippen molar-refractivity contribution in [2.45, 2.75) is 37.8 Å². The summed E-state index contributed by atoms with van der Waals surface area (Å²) < 4.78 is 5.35. The summed E-state index contributed by atoms with van der Waals surface area (Å²) in [7, 11) is 1.61. The molecule has 1 fully saturated rings. The molecule has 6 nitrogen and oxygen atoms in total. The fraction of sp³-hybridized carbons (Fsp3) is 0.533. The van der Waals surface area contributed by atoms with Crippen molar-refractivity contribution in [2.24, 2.45) is 10.9 Å². The van der Waals surface area contributed by atoms with Crippen molar-refractivity contribution < 1.29 is 15.1 Å². The number of methoxy groups -OCH3 is 1. The molecule has 0 heterocycles. The number of oxime groups is 1. The van der Waals surface area contributed by atoms with E-state index in [1.54, 1.807) is 19.2 Å². The second-order valence-electron chi connectivity index (χ2n) is 5.51. The summed E-state index contributed by atoms with van der Waals surface area (Å²) in [5, 5.41) is 24.9. The lowest BCUT2D eigenvalue weighted by Gasteiger charge is -2.28. The fourth-order valence-electron chi connectivity index (χ4n) is 2.86. The smallest absolute Gasteiger partial charge is 0.170 e. The summed E-state index contributed by atoms with van der Waals surface area (Å²) in [6.07, 6.45) is 4.22. The van der Waals surface area contributed by atoms with Gasteiger partial charge in [0.2, 0.25) is 0 Å². The molecule has 0 unspecified atom stereocenters. The number of nitrogens with zero attached hydrogens (tertiary/aromatic N) is 1. The number of rotatable bonds is 6. The molecular weight excluding hydrogens is 270 g/mol. The van der Waals surface area contributed by atoms with Crippen LogP contribution in [0.25, 0.3) is 0 Å². The van der Waals surface area contributed by atoms with E-state index in [9.17, 15) is 5.11 Å². The molecule has 2 rings (SSSR count). The van der Waals surface area contributed by atoms with Crippen LogP contribution in [0.15, 0.2) is 23.4 Å². The highest BCUT2D eigenvalue weighted by Crippen LogP contribution is 2.30. The lowest BCUT2D eigenvalue weighted by molar-refractivity contribution is 0.162. The SMILES string of the molecule is COc1ccc(/C(N)=N/O)cc1CNC1(CO)CCCC1. The number of benzene rings is 1. The Hall–Kier alpha value is -1.79. The molecular formula is C15H23N3O3. The van der Waals surface area contributed by atoms with Gasteiger partial charge in [0.25, 0.3) is 0 Å². The Morgan fingerprint density at radius 2 is 2.14 bits per heavy atom. The number of ether oxygens (including phenoxy) is 1. The summed E-state index contributed by atoms with van der Waals surface area (Å²) >= 11 is 0. The minimum atomic E-state index is -0.197. The minimum absolute atomic E-state index is 0.0663. The second-order valence-corrected chi connectivity index (χ2v) is 5.51. The third kappa shape index (κ3) is 3.46. The number of amidine groups is 1. The number of hydrogen-bond donors (Lipinski definition) is 4. The first-order chi connectivity index (χ1) is 10.1. The van der Waals surface area contributed by atoms with Gasteiger partial charge in [0.1, 0.15) is 5.75 Å². The van der Waals surface area contributed by atoms with Gasteiger partial charge in [0, 0.05) is 23.2 Å². The van der Waals surface area contributed by atoms with Gasteiger partial charge in [0.05, 0.1) is 13.7 Å². The molecule has 1 aliphatic rings. The zero-order chi connectivity index (χ0) is 15.3. The normalized spacial score (nSPS) is 17.9. The van der Waals surface area contributed by atoms with Crippen LogP contribution in [0.3, 0.4) is 0 Å². The molecule has 0 aromatic heterocycles. The molecule has 5 N–H and O–H groups in total. The lowest BCUT2D eigenvalue weighted by Crippen LogP contribution is -2.45. The molecule has 0 radical (unpaired) electrons. The van der Waals surface area contributed by atoms with E-state index in [1.807, 2.05) is 6.07 Å². The van der Waals surface area contributed by atoms with Gasteiger partial charge in [-0.2, -0.15) is 0 Å². The third-order valence-electron chi connectivity index (χ3n) is 4.20. The highest BCUT2D eigenvalue weighted by molar-refractivity contribution is 5.97. The molecule has 1 saturated carbocycles. The topological polar surface area (TPSA) is 100 Å². The van der Waals surface area contributed by atoms with Crippen molar-refractivity contribution in [3.05, 3.63) is 29.3 Å². The number of hydrogen-bond acceptors (Lipinski definition) is 5. The summed E-state index contributed by atoms with van der Waals surface area (Å²) in [5.74, 6) is 0.805. The van der Waals surface area contributed by atoms with Gasteiger partial charge < -0.3 is 26.1 Å². The van der Waals surface area contributed by atoms with E-state index in [2.05, 4.69) is 10.5 Å². The minimum Gasteiger partial charge on any atom is -0.496 e. The van der Waals surface area contributed by atoms with Gasteiger partial charge in [-0.25, -0.2) is 0 Å². The van der Waals surface area contributed by atoms with Crippen molar-refractivity contribution in [3.8, 4) is 5.75 Å². The van der Waals surface area contributed by atoms with Crippen molar-refractivity contribution in [1.82, 2.24) is 5.32 Å². The molecule has 6 heteroatoms. The predicted octanol–water partition coefficient (Wildman–Crippen LogP) is 1.18. The maximum absolute atomic E-state index is 9.64. The molecule has 1 aromatic carbocycles. The Morgan fingerprint density at radius 3 is 2.71 bits per heavy atom. The highest BCUT2D eigenvalue weighted by atomic mass is 16.5. The van der Waals surface area contributed by atoms with Crippen LogP contribution in [0.1, 0.15) is 36.8 Å². The number of nitrogens with two attached hydrogens (primary N) is 1. The number of aliphatic hydroxyl groups excluding tert-OH is 1. The molecule has 116 valence electrons. The van der Waals surface area contributed by atoms with Crippen molar-refractivity contribution in [3.63, 3.8) is 0 Å².